The van der Waals surface area contributed by atoms with Crippen LogP contribution in [0.1, 0.15) is 67.4 Å². The normalized spacial score (nSPS) is 22.9. The van der Waals surface area contributed by atoms with Gasteiger partial charge in [-0.05, 0) is 66.4 Å². The van der Waals surface area contributed by atoms with E-state index in [0.717, 1.165) is 30.4 Å². The maximum atomic E-state index is 12.4. The van der Waals surface area contributed by atoms with E-state index in [2.05, 4.69) is 19.9 Å². The third-order valence-electron chi connectivity index (χ3n) is 6.31. The van der Waals surface area contributed by atoms with Crippen LogP contribution in [-0.2, 0) is 20.0 Å². The fourth-order valence-corrected chi connectivity index (χ4v) is 5.73. The largest absolute Gasteiger partial charge is 0.369 e. The van der Waals surface area contributed by atoms with Crippen molar-refractivity contribution in [1.29, 1.82) is 0 Å². The number of carbonyl (C=O) groups excluding carboxylic acids is 2. The van der Waals surface area contributed by atoms with Gasteiger partial charge in [0, 0.05) is 5.56 Å². The number of primary amides is 2. The molecule has 0 bridgehead atoms. The molecule has 1 aliphatic carbocycles. The number of nitrogens with two attached hydrogens (primary N) is 2. The smallest absolute Gasteiger partial charge is 0.249 e. The number of hydrogen-bond donors (Lipinski definition) is 2. The Morgan fingerprint density at radius 3 is 2.18 bits per heavy atom. The molecule has 0 spiro atoms. The average molecular weight is 405 g/mol. The molecule has 1 aliphatic heterocycles. The van der Waals surface area contributed by atoms with Gasteiger partial charge in [-0.2, -0.15) is 0 Å². The van der Waals surface area contributed by atoms with E-state index in [-0.39, 0.29) is 29.8 Å². The lowest BCUT2D eigenvalue weighted by Gasteiger charge is -2.35. The highest BCUT2D eigenvalue weighted by atomic mass is 32.2. The SMILES string of the molecule is CC1(C)CC=C(c2cc(C3(C(N)=O)CCS(=O)(=O)CC3)ccc2C(N)=O)CC1. The summed E-state index contributed by atoms with van der Waals surface area (Å²) in [6.45, 7) is 4.41. The molecular weight excluding hydrogens is 376 g/mol. The van der Waals surface area contributed by atoms with Crippen molar-refractivity contribution in [3.63, 3.8) is 0 Å². The highest BCUT2D eigenvalue weighted by molar-refractivity contribution is 7.91. The average Bonchev–Trinajstić information content (AvgIpc) is 2.61. The summed E-state index contributed by atoms with van der Waals surface area (Å²) < 4.78 is 23.8. The molecule has 1 aromatic carbocycles. The molecule has 1 heterocycles. The van der Waals surface area contributed by atoms with Crippen molar-refractivity contribution in [2.24, 2.45) is 16.9 Å². The number of sulfone groups is 1. The summed E-state index contributed by atoms with van der Waals surface area (Å²) in [5.41, 5.74) is 13.4. The van der Waals surface area contributed by atoms with E-state index >= 15 is 0 Å². The zero-order valence-corrected chi connectivity index (χ0v) is 17.3. The Kier molecular flexibility index (Phi) is 5.17. The minimum atomic E-state index is -3.15. The fraction of sp³-hybridized carbons (Fsp3) is 0.524. The van der Waals surface area contributed by atoms with Crippen LogP contribution in [0.4, 0.5) is 0 Å². The Balaban J connectivity index is 2.09. The molecule has 0 unspecified atom stereocenters. The molecule has 4 N–H and O–H groups in total. The summed E-state index contributed by atoms with van der Waals surface area (Å²) in [6, 6.07) is 5.16. The topological polar surface area (TPSA) is 120 Å². The van der Waals surface area contributed by atoms with E-state index in [9.17, 15) is 18.0 Å². The van der Waals surface area contributed by atoms with E-state index in [1.54, 1.807) is 12.1 Å². The molecule has 7 heteroatoms. The van der Waals surface area contributed by atoms with E-state index < -0.39 is 27.1 Å². The first-order chi connectivity index (χ1) is 13.0. The van der Waals surface area contributed by atoms with Gasteiger partial charge in [-0.1, -0.05) is 26.0 Å². The molecule has 2 amide bonds. The van der Waals surface area contributed by atoms with E-state index in [4.69, 9.17) is 11.5 Å². The third kappa shape index (κ3) is 3.85. The van der Waals surface area contributed by atoms with Crippen molar-refractivity contribution in [3.8, 4) is 0 Å². The van der Waals surface area contributed by atoms with E-state index in [0.29, 0.717) is 11.1 Å². The quantitative estimate of drug-likeness (QED) is 0.800. The van der Waals surface area contributed by atoms with Gasteiger partial charge in [-0.15, -0.1) is 0 Å². The molecule has 0 radical (unpaired) electrons. The molecule has 1 fully saturated rings. The summed E-state index contributed by atoms with van der Waals surface area (Å²) in [6.07, 6.45) is 5.15. The van der Waals surface area contributed by atoms with Gasteiger partial charge < -0.3 is 11.5 Å². The highest BCUT2D eigenvalue weighted by Gasteiger charge is 2.44. The van der Waals surface area contributed by atoms with Gasteiger partial charge in [0.25, 0.3) is 0 Å². The summed E-state index contributed by atoms with van der Waals surface area (Å²) >= 11 is 0. The first-order valence-corrected chi connectivity index (χ1v) is 11.4. The van der Waals surface area contributed by atoms with Gasteiger partial charge in [0.15, 0.2) is 0 Å². The lowest BCUT2D eigenvalue weighted by atomic mass is 9.72. The summed E-state index contributed by atoms with van der Waals surface area (Å²) in [5.74, 6) is -1.19. The van der Waals surface area contributed by atoms with Crippen molar-refractivity contribution in [3.05, 3.63) is 41.0 Å². The molecule has 152 valence electrons. The van der Waals surface area contributed by atoms with Gasteiger partial charge in [0.05, 0.1) is 16.9 Å². The predicted octanol–water partition coefficient (Wildman–Crippen LogP) is 2.31. The number of amides is 2. The van der Waals surface area contributed by atoms with Gasteiger partial charge in [-0.3, -0.25) is 9.59 Å². The zero-order valence-electron chi connectivity index (χ0n) is 16.5. The standard InChI is InChI=1S/C21H28N2O4S/c1-20(2)7-5-14(6-8-20)17-13-15(3-4-16(17)18(22)24)21(19(23)25)9-11-28(26,27)12-10-21/h3-5,13H,6-12H2,1-2H3,(H2,22,24)(H2,23,25). The van der Waals surface area contributed by atoms with Crippen molar-refractivity contribution >= 4 is 27.2 Å². The second kappa shape index (κ2) is 7.03. The minimum Gasteiger partial charge on any atom is -0.369 e. The Morgan fingerprint density at radius 2 is 1.68 bits per heavy atom. The molecule has 28 heavy (non-hydrogen) atoms. The molecule has 0 saturated carbocycles. The first-order valence-electron chi connectivity index (χ1n) is 9.60. The molecule has 2 aliphatic rings. The molecule has 0 atom stereocenters. The molecule has 1 aromatic rings. The van der Waals surface area contributed by atoms with Crippen LogP contribution in [-0.4, -0.2) is 31.7 Å². The molecular formula is C21H28N2O4S. The van der Waals surface area contributed by atoms with Crippen molar-refractivity contribution in [1.82, 2.24) is 0 Å². The van der Waals surface area contributed by atoms with Gasteiger partial charge in [-0.25, -0.2) is 8.42 Å². The van der Waals surface area contributed by atoms with Gasteiger partial charge >= 0.3 is 0 Å². The van der Waals surface area contributed by atoms with Crippen LogP contribution in [0.3, 0.4) is 0 Å². The molecule has 1 saturated heterocycles. The summed E-state index contributed by atoms with van der Waals surface area (Å²) in [4.78, 5) is 24.4. The Bertz CT molecular complexity index is 947. The number of carbonyl (C=O) groups is 2. The van der Waals surface area contributed by atoms with Crippen LogP contribution in [0.15, 0.2) is 24.3 Å². The number of benzene rings is 1. The molecule has 0 aromatic heterocycles. The van der Waals surface area contributed by atoms with Crippen LogP contribution in [0.5, 0.6) is 0 Å². The maximum Gasteiger partial charge on any atom is 0.249 e. The number of rotatable bonds is 4. The monoisotopic (exact) mass is 404 g/mol. The Labute approximate surface area is 166 Å². The van der Waals surface area contributed by atoms with Crippen LogP contribution in [0.2, 0.25) is 0 Å². The summed E-state index contributed by atoms with van der Waals surface area (Å²) in [5, 5.41) is 0. The van der Waals surface area contributed by atoms with E-state index in [1.165, 1.54) is 0 Å². The third-order valence-corrected chi connectivity index (χ3v) is 7.96. The summed E-state index contributed by atoms with van der Waals surface area (Å²) in [7, 11) is -3.15. The van der Waals surface area contributed by atoms with Gasteiger partial charge in [0.1, 0.15) is 9.84 Å². The van der Waals surface area contributed by atoms with Crippen molar-refractivity contribution < 1.29 is 18.0 Å². The zero-order chi connectivity index (χ0) is 20.7. The number of hydrogen-bond acceptors (Lipinski definition) is 4. The van der Waals surface area contributed by atoms with Crippen LogP contribution >= 0.6 is 0 Å². The Hall–Kier alpha value is -2.15. The van der Waals surface area contributed by atoms with Gasteiger partial charge in [0.2, 0.25) is 11.8 Å². The molecule has 3 rings (SSSR count). The van der Waals surface area contributed by atoms with Crippen molar-refractivity contribution in [2.45, 2.75) is 51.4 Å². The highest BCUT2D eigenvalue weighted by Crippen LogP contribution is 2.42. The Morgan fingerprint density at radius 1 is 1.04 bits per heavy atom. The predicted molar refractivity (Wildman–Crippen MR) is 109 cm³/mol. The number of allylic oxidation sites excluding steroid dienone is 2. The van der Waals surface area contributed by atoms with Crippen LogP contribution in [0.25, 0.3) is 5.57 Å². The first kappa shape index (κ1) is 20.6. The lowest BCUT2D eigenvalue weighted by Crippen LogP contribution is -2.47. The maximum absolute atomic E-state index is 12.4. The molecule has 6 nitrogen and oxygen atoms in total. The van der Waals surface area contributed by atoms with Crippen LogP contribution in [0, 0.1) is 5.41 Å². The second-order valence-electron chi connectivity index (χ2n) is 8.82. The lowest BCUT2D eigenvalue weighted by molar-refractivity contribution is -0.123. The second-order valence-corrected chi connectivity index (χ2v) is 11.1. The fourth-order valence-electron chi connectivity index (χ4n) is 4.21. The van der Waals surface area contributed by atoms with E-state index in [1.807, 2.05) is 6.07 Å². The minimum absolute atomic E-state index is 0.0697. The van der Waals surface area contributed by atoms with Crippen LogP contribution < -0.4 is 11.5 Å². The van der Waals surface area contributed by atoms with Crippen molar-refractivity contribution in [2.75, 3.05) is 11.5 Å².